The molecule has 0 aliphatic heterocycles. The molecule has 1 aromatic carbocycles. The van der Waals surface area contributed by atoms with E-state index in [0.717, 1.165) is 12.1 Å². The second-order valence-corrected chi connectivity index (χ2v) is 5.81. The first-order valence-electron chi connectivity index (χ1n) is 6.48. The van der Waals surface area contributed by atoms with E-state index in [0.29, 0.717) is 23.7 Å². The van der Waals surface area contributed by atoms with Crippen molar-refractivity contribution in [2.24, 2.45) is 10.9 Å². The minimum atomic E-state index is -0.754. The standard InChI is InChI=1S/C14H22ClN3O2/c1-4-18(9-14(2,3)19)8-11-6-5-10(7-12(11)15)13(16)17-20/h5-7,19-20H,4,8-9H2,1-3H3,(H2,16,17). The summed E-state index contributed by atoms with van der Waals surface area (Å²) in [6.45, 7) is 7.59. The highest BCUT2D eigenvalue weighted by Gasteiger charge is 2.18. The molecule has 0 atom stereocenters. The maximum atomic E-state index is 9.88. The summed E-state index contributed by atoms with van der Waals surface area (Å²) < 4.78 is 0. The van der Waals surface area contributed by atoms with E-state index in [4.69, 9.17) is 22.5 Å². The zero-order valence-corrected chi connectivity index (χ0v) is 12.9. The molecule has 0 aliphatic carbocycles. The van der Waals surface area contributed by atoms with Gasteiger partial charge in [0.15, 0.2) is 5.84 Å². The number of amidine groups is 1. The molecule has 0 heterocycles. The quantitative estimate of drug-likeness (QED) is 0.325. The van der Waals surface area contributed by atoms with Gasteiger partial charge in [0, 0.05) is 23.7 Å². The first-order chi connectivity index (χ1) is 9.26. The summed E-state index contributed by atoms with van der Waals surface area (Å²) in [4.78, 5) is 2.10. The van der Waals surface area contributed by atoms with E-state index < -0.39 is 5.60 Å². The van der Waals surface area contributed by atoms with Crippen molar-refractivity contribution in [2.75, 3.05) is 13.1 Å². The number of rotatable bonds is 6. The minimum absolute atomic E-state index is 0.0299. The first kappa shape index (κ1) is 16.8. The Morgan fingerprint density at radius 3 is 2.55 bits per heavy atom. The first-order valence-corrected chi connectivity index (χ1v) is 6.85. The molecule has 112 valence electrons. The van der Waals surface area contributed by atoms with Gasteiger partial charge in [-0.3, -0.25) is 4.90 Å². The largest absolute Gasteiger partial charge is 0.409 e. The van der Waals surface area contributed by atoms with Crippen LogP contribution in [0.5, 0.6) is 0 Å². The monoisotopic (exact) mass is 299 g/mol. The van der Waals surface area contributed by atoms with Crippen LogP contribution in [0.4, 0.5) is 0 Å². The highest BCUT2D eigenvalue weighted by atomic mass is 35.5. The third-order valence-electron chi connectivity index (χ3n) is 2.91. The van der Waals surface area contributed by atoms with E-state index in [1.165, 1.54) is 0 Å². The zero-order chi connectivity index (χ0) is 15.3. The Morgan fingerprint density at radius 2 is 2.10 bits per heavy atom. The molecule has 0 aromatic heterocycles. The number of oxime groups is 1. The molecule has 1 aromatic rings. The molecule has 0 amide bonds. The molecule has 4 N–H and O–H groups in total. The fourth-order valence-corrected chi connectivity index (χ4v) is 2.20. The molecular formula is C14H22ClN3O2. The molecule has 0 saturated heterocycles. The van der Waals surface area contributed by atoms with Gasteiger partial charge in [-0.15, -0.1) is 0 Å². The summed E-state index contributed by atoms with van der Waals surface area (Å²) in [6, 6.07) is 5.28. The SMILES string of the molecule is CCN(Cc1ccc(/C(N)=N/O)cc1Cl)CC(C)(C)O. The van der Waals surface area contributed by atoms with Gasteiger partial charge in [0.2, 0.25) is 0 Å². The third-order valence-corrected chi connectivity index (χ3v) is 3.26. The zero-order valence-electron chi connectivity index (χ0n) is 12.1. The number of hydrogen-bond donors (Lipinski definition) is 3. The number of hydrogen-bond acceptors (Lipinski definition) is 4. The van der Waals surface area contributed by atoms with Crippen LogP contribution >= 0.6 is 11.6 Å². The van der Waals surface area contributed by atoms with E-state index in [-0.39, 0.29) is 5.84 Å². The van der Waals surface area contributed by atoms with Crippen molar-refractivity contribution in [3.05, 3.63) is 34.3 Å². The predicted octanol–water partition coefficient (Wildman–Crippen LogP) is 2.03. The molecule has 0 radical (unpaired) electrons. The van der Waals surface area contributed by atoms with Crippen LogP contribution in [0.2, 0.25) is 5.02 Å². The lowest BCUT2D eigenvalue weighted by atomic mass is 10.1. The average Bonchev–Trinajstić information content (AvgIpc) is 2.37. The van der Waals surface area contributed by atoms with Crippen molar-refractivity contribution >= 4 is 17.4 Å². The van der Waals surface area contributed by atoms with Crippen molar-refractivity contribution in [1.29, 1.82) is 0 Å². The maximum Gasteiger partial charge on any atom is 0.170 e. The molecule has 5 nitrogen and oxygen atoms in total. The normalized spacial score (nSPS) is 13.0. The lowest BCUT2D eigenvalue weighted by Gasteiger charge is -2.28. The summed E-state index contributed by atoms with van der Waals surface area (Å²) >= 11 is 6.22. The highest BCUT2D eigenvalue weighted by molar-refractivity contribution is 6.31. The van der Waals surface area contributed by atoms with Gasteiger partial charge in [-0.2, -0.15) is 0 Å². The smallest absolute Gasteiger partial charge is 0.170 e. The van der Waals surface area contributed by atoms with Gasteiger partial charge >= 0.3 is 0 Å². The fraction of sp³-hybridized carbons (Fsp3) is 0.500. The molecule has 6 heteroatoms. The third kappa shape index (κ3) is 5.00. The molecule has 0 spiro atoms. The van der Waals surface area contributed by atoms with Gasteiger partial charge < -0.3 is 16.0 Å². The Kier molecular flexibility index (Phi) is 5.80. The van der Waals surface area contributed by atoms with Crippen LogP contribution in [0.25, 0.3) is 0 Å². The van der Waals surface area contributed by atoms with Crippen LogP contribution in [0.3, 0.4) is 0 Å². The Morgan fingerprint density at radius 1 is 1.45 bits per heavy atom. The number of benzene rings is 1. The summed E-state index contributed by atoms with van der Waals surface area (Å²) in [5.74, 6) is 0.0299. The molecule has 0 fully saturated rings. The average molecular weight is 300 g/mol. The number of nitrogens with zero attached hydrogens (tertiary/aromatic N) is 2. The van der Waals surface area contributed by atoms with Crippen molar-refractivity contribution in [2.45, 2.75) is 32.9 Å². The number of aliphatic hydroxyl groups is 1. The van der Waals surface area contributed by atoms with E-state index in [9.17, 15) is 5.11 Å². The molecule has 20 heavy (non-hydrogen) atoms. The fourth-order valence-electron chi connectivity index (χ4n) is 1.96. The summed E-state index contributed by atoms with van der Waals surface area (Å²) in [7, 11) is 0. The Bertz CT molecular complexity index is 484. The minimum Gasteiger partial charge on any atom is -0.409 e. The van der Waals surface area contributed by atoms with E-state index in [1.807, 2.05) is 13.0 Å². The lowest BCUT2D eigenvalue weighted by Crippen LogP contribution is -2.38. The Labute approximate surface area is 124 Å². The number of likely N-dealkylation sites (N-methyl/N-ethyl adjacent to an activating group) is 1. The van der Waals surface area contributed by atoms with Crippen LogP contribution < -0.4 is 5.73 Å². The summed E-state index contributed by atoms with van der Waals surface area (Å²) in [6.07, 6.45) is 0. The second kappa shape index (κ2) is 6.92. The van der Waals surface area contributed by atoms with Crippen molar-refractivity contribution in [3.8, 4) is 0 Å². The van der Waals surface area contributed by atoms with Crippen molar-refractivity contribution < 1.29 is 10.3 Å². The van der Waals surface area contributed by atoms with Gasteiger partial charge in [0.1, 0.15) is 0 Å². The lowest BCUT2D eigenvalue weighted by molar-refractivity contribution is 0.0353. The molecule has 0 unspecified atom stereocenters. The van der Waals surface area contributed by atoms with Crippen LogP contribution in [0.15, 0.2) is 23.4 Å². The second-order valence-electron chi connectivity index (χ2n) is 5.41. The molecule has 0 aliphatic rings. The highest BCUT2D eigenvalue weighted by Crippen LogP contribution is 2.20. The van der Waals surface area contributed by atoms with Gasteiger partial charge in [0.05, 0.1) is 5.60 Å². The van der Waals surface area contributed by atoms with Crippen LogP contribution in [-0.4, -0.2) is 39.7 Å². The summed E-state index contributed by atoms with van der Waals surface area (Å²) in [5.41, 5.74) is 6.28. The van der Waals surface area contributed by atoms with E-state index in [2.05, 4.69) is 10.1 Å². The summed E-state index contributed by atoms with van der Waals surface area (Å²) in [5, 5.41) is 22.0. The Hall–Kier alpha value is -1.30. The Balaban J connectivity index is 2.87. The van der Waals surface area contributed by atoms with Crippen molar-refractivity contribution in [1.82, 2.24) is 4.90 Å². The van der Waals surface area contributed by atoms with Crippen LogP contribution in [-0.2, 0) is 6.54 Å². The molecular weight excluding hydrogens is 278 g/mol. The number of nitrogens with two attached hydrogens (primary N) is 1. The van der Waals surface area contributed by atoms with Gasteiger partial charge in [0.25, 0.3) is 0 Å². The van der Waals surface area contributed by atoms with Gasteiger partial charge in [-0.25, -0.2) is 0 Å². The molecule has 0 saturated carbocycles. The van der Waals surface area contributed by atoms with Gasteiger partial charge in [-0.1, -0.05) is 35.8 Å². The molecule has 0 bridgehead atoms. The molecule has 1 rings (SSSR count). The van der Waals surface area contributed by atoms with Crippen LogP contribution in [0.1, 0.15) is 31.9 Å². The van der Waals surface area contributed by atoms with Crippen LogP contribution in [0, 0.1) is 0 Å². The van der Waals surface area contributed by atoms with E-state index in [1.54, 1.807) is 26.0 Å². The van der Waals surface area contributed by atoms with E-state index >= 15 is 0 Å². The number of halogens is 1. The maximum absolute atomic E-state index is 9.88. The van der Waals surface area contributed by atoms with Gasteiger partial charge in [-0.05, 0) is 32.0 Å². The van der Waals surface area contributed by atoms with Crippen molar-refractivity contribution in [3.63, 3.8) is 0 Å². The predicted molar refractivity (Wildman–Crippen MR) is 81.2 cm³/mol. The topological polar surface area (TPSA) is 82.1 Å².